The van der Waals surface area contributed by atoms with E-state index in [1.807, 2.05) is 36.4 Å². The summed E-state index contributed by atoms with van der Waals surface area (Å²) in [6.07, 6.45) is 2.00. The Labute approximate surface area is 138 Å². The summed E-state index contributed by atoms with van der Waals surface area (Å²) in [5.74, 6) is 1.64. The molecule has 2 rings (SSSR count). The molecule has 0 amide bonds. The van der Waals surface area contributed by atoms with Crippen molar-refractivity contribution in [1.29, 1.82) is 5.26 Å². The van der Waals surface area contributed by atoms with Crippen molar-refractivity contribution in [2.45, 2.75) is 31.6 Å². The van der Waals surface area contributed by atoms with Crippen molar-refractivity contribution in [2.24, 2.45) is 0 Å². The van der Waals surface area contributed by atoms with E-state index in [2.05, 4.69) is 25.1 Å². The molecule has 0 aliphatic rings. The molecule has 0 bridgehead atoms. The van der Waals surface area contributed by atoms with Crippen LogP contribution in [0.15, 0.2) is 48.5 Å². The van der Waals surface area contributed by atoms with E-state index >= 15 is 0 Å². The molecule has 3 nitrogen and oxygen atoms in total. The van der Waals surface area contributed by atoms with Crippen LogP contribution in [0.5, 0.6) is 11.5 Å². The summed E-state index contributed by atoms with van der Waals surface area (Å²) in [6, 6.07) is 18.3. The number of rotatable bonds is 7. The quantitative estimate of drug-likeness (QED) is 0.731. The van der Waals surface area contributed by atoms with Crippen molar-refractivity contribution < 1.29 is 9.47 Å². The Morgan fingerprint density at radius 1 is 0.870 bits per heavy atom. The fourth-order valence-corrected chi connectivity index (χ4v) is 2.90. The number of nitrogens with zero attached hydrogens (tertiary/aromatic N) is 1. The van der Waals surface area contributed by atoms with Crippen LogP contribution in [0.1, 0.15) is 42.7 Å². The minimum absolute atomic E-state index is 0.171. The van der Waals surface area contributed by atoms with Crippen LogP contribution in [0.25, 0.3) is 0 Å². The summed E-state index contributed by atoms with van der Waals surface area (Å²) in [4.78, 5) is 0. The normalized spacial score (nSPS) is 13.0. The lowest BCUT2D eigenvalue weighted by Gasteiger charge is -2.23. The number of methoxy groups -OCH3 is 2. The molecule has 2 atom stereocenters. The molecule has 2 aromatic rings. The van der Waals surface area contributed by atoms with Gasteiger partial charge in [-0.3, -0.25) is 0 Å². The predicted octanol–water partition coefficient (Wildman–Crippen LogP) is 4.89. The molecule has 23 heavy (non-hydrogen) atoms. The van der Waals surface area contributed by atoms with E-state index in [0.717, 1.165) is 29.9 Å². The topological polar surface area (TPSA) is 42.2 Å². The van der Waals surface area contributed by atoms with E-state index in [-0.39, 0.29) is 11.8 Å². The van der Waals surface area contributed by atoms with E-state index in [9.17, 15) is 5.26 Å². The summed E-state index contributed by atoms with van der Waals surface area (Å²) in [5.41, 5.74) is 2.21. The minimum atomic E-state index is -0.172. The van der Waals surface area contributed by atoms with Gasteiger partial charge in [0.25, 0.3) is 0 Å². The summed E-state index contributed by atoms with van der Waals surface area (Å²) >= 11 is 0. The lowest BCUT2D eigenvalue weighted by Crippen LogP contribution is -2.10. The highest BCUT2D eigenvalue weighted by Gasteiger charge is 2.24. The van der Waals surface area contributed by atoms with Gasteiger partial charge in [0.1, 0.15) is 11.5 Å². The van der Waals surface area contributed by atoms with Crippen LogP contribution in [0, 0.1) is 11.3 Å². The van der Waals surface area contributed by atoms with E-state index < -0.39 is 0 Å². The van der Waals surface area contributed by atoms with E-state index in [1.54, 1.807) is 14.2 Å². The second-order valence-corrected chi connectivity index (χ2v) is 5.55. The number of benzene rings is 2. The fourth-order valence-electron chi connectivity index (χ4n) is 2.90. The third-order valence-corrected chi connectivity index (χ3v) is 4.16. The third kappa shape index (κ3) is 4.04. The van der Waals surface area contributed by atoms with E-state index in [0.29, 0.717) is 0 Å². The lowest BCUT2D eigenvalue weighted by atomic mass is 9.79. The van der Waals surface area contributed by atoms with Gasteiger partial charge in [-0.2, -0.15) is 5.26 Å². The molecule has 0 saturated carbocycles. The number of ether oxygens (including phenoxy) is 2. The van der Waals surface area contributed by atoms with Gasteiger partial charge in [-0.1, -0.05) is 37.6 Å². The third-order valence-electron chi connectivity index (χ3n) is 4.16. The van der Waals surface area contributed by atoms with Crippen LogP contribution < -0.4 is 9.47 Å². The van der Waals surface area contributed by atoms with Gasteiger partial charge in [0, 0.05) is 5.92 Å². The molecular weight excluding hydrogens is 286 g/mol. The minimum Gasteiger partial charge on any atom is -0.497 e. The molecule has 120 valence electrons. The van der Waals surface area contributed by atoms with Crippen LogP contribution in [0.2, 0.25) is 0 Å². The Bertz CT molecular complexity index is 641. The maximum Gasteiger partial charge on any atom is 0.118 e. The zero-order chi connectivity index (χ0) is 16.7. The average molecular weight is 309 g/mol. The molecule has 3 heteroatoms. The molecule has 0 heterocycles. The van der Waals surface area contributed by atoms with E-state index in [1.165, 1.54) is 5.56 Å². The first-order valence-corrected chi connectivity index (χ1v) is 7.91. The number of hydrogen-bond donors (Lipinski definition) is 0. The van der Waals surface area contributed by atoms with Crippen molar-refractivity contribution in [1.82, 2.24) is 0 Å². The second kappa shape index (κ2) is 8.24. The Morgan fingerprint density at radius 3 is 1.74 bits per heavy atom. The van der Waals surface area contributed by atoms with Gasteiger partial charge in [-0.25, -0.2) is 0 Å². The van der Waals surface area contributed by atoms with Crippen LogP contribution in [0.3, 0.4) is 0 Å². The Morgan fingerprint density at radius 2 is 1.35 bits per heavy atom. The van der Waals surface area contributed by atoms with Gasteiger partial charge >= 0.3 is 0 Å². The van der Waals surface area contributed by atoms with Crippen LogP contribution in [-0.4, -0.2) is 14.2 Å². The lowest BCUT2D eigenvalue weighted by molar-refractivity contribution is 0.414. The monoisotopic (exact) mass is 309 g/mol. The Balaban J connectivity index is 2.33. The van der Waals surface area contributed by atoms with Crippen molar-refractivity contribution in [3.05, 3.63) is 59.7 Å². The maximum atomic E-state index is 9.76. The SMILES string of the molecule is CCCC(c1ccc(OC)cc1)C(C#N)c1ccc(OC)cc1. The highest BCUT2D eigenvalue weighted by molar-refractivity contribution is 5.38. The Hall–Kier alpha value is -2.47. The summed E-state index contributed by atoms with van der Waals surface area (Å²) in [7, 11) is 3.31. The van der Waals surface area contributed by atoms with Crippen LogP contribution in [-0.2, 0) is 0 Å². The molecule has 2 aromatic carbocycles. The molecule has 2 unspecified atom stereocenters. The standard InChI is InChI=1S/C20H23NO2/c1-4-5-19(15-6-10-17(22-2)11-7-15)20(14-21)16-8-12-18(23-3)13-9-16/h6-13,19-20H,4-5H2,1-3H3. The first-order chi connectivity index (χ1) is 11.2. The summed E-state index contributed by atoms with van der Waals surface area (Å²) in [5, 5.41) is 9.76. The molecule has 0 spiro atoms. The zero-order valence-corrected chi connectivity index (χ0v) is 14.0. The van der Waals surface area contributed by atoms with Gasteiger partial charge in [0.2, 0.25) is 0 Å². The van der Waals surface area contributed by atoms with Gasteiger partial charge in [-0.05, 0) is 41.8 Å². The van der Waals surface area contributed by atoms with Crippen molar-refractivity contribution in [2.75, 3.05) is 14.2 Å². The van der Waals surface area contributed by atoms with Crippen molar-refractivity contribution >= 4 is 0 Å². The highest BCUT2D eigenvalue weighted by atomic mass is 16.5. The zero-order valence-electron chi connectivity index (χ0n) is 14.0. The van der Waals surface area contributed by atoms with Crippen LogP contribution in [0.4, 0.5) is 0 Å². The summed E-state index contributed by atoms with van der Waals surface area (Å²) in [6.45, 7) is 2.15. The Kier molecular flexibility index (Phi) is 6.05. The largest absolute Gasteiger partial charge is 0.497 e. The molecule has 0 radical (unpaired) electrons. The highest BCUT2D eigenvalue weighted by Crippen LogP contribution is 2.37. The molecule has 0 aromatic heterocycles. The van der Waals surface area contributed by atoms with Crippen molar-refractivity contribution in [3.63, 3.8) is 0 Å². The molecule has 0 N–H and O–H groups in total. The van der Waals surface area contributed by atoms with Gasteiger partial charge in [0.05, 0.1) is 26.2 Å². The van der Waals surface area contributed by atoms with Crippen LogP contribution >= 0.6 is 0 Å². The molecule has 0 aliphatic carbocycles. The smallest absolute Gasteiger partial charge is 0.118 e. The second-order valence-electron chi connectivity index (χ2n) is 5.55. The first-order valence-electron chi connectivity index (χ1n) is 7.91. The molecule has 0 saturated heterocycles. The summed E-state index contributed by atoms with van der Waals surface area (Å²) < 4.78 is 10.4. The number of nitriles is 1. The fraction of sp³-hybridized carbons (Fsp3) is 0.350. The average Bonchev–Trinajstić information content (AvgIpc) is 2.62. The first kappa shape index (κ1) is 16.9. The van der Waals surface area contributed by atoms with Gasteiger partial charge in [0.15, 0.2) is 0 Å². The molecular formula is C20H23NO2. The number of hydrogen-bond acceptors (Lipinski definition) is 3. The predicted molar refractivity (Wildman–Crippen MR) is 92.0 cm³/mol. The van der Waals surface area contributed by atoms with E-state index in [4.69, 9.17) is 9.47 Å². The van der Waals surface area contributed by atoms with Gasteiger partial charge in [-0.15, -0.1) is 0 Å². The molecule has 0 aliphatic heterocycles. The van der Waals surface area contributed by atoms with Crippen molar-refractivity contribution in [3.8, 4) is 17.6 Å². The molecule has 0 fully saturated rings. The van der Waals surface area contributed by atoms with Gasteiger partial charge < -0.3 is 9.47 Å². The maximum absolute atomic E-state index is 9.76.